The van der Waals surface area contributed by atoms with E-state index in [1.54, 1.807) is 25.3 Å². The Labute approximate surface area is 127 Å². The van der Waals surface area contributed by atoms with Gasteiger partial charge in [0.2, 0.25) is 5.82 Å². The molecule has 6 nitrogen and oxygen atoms in total. The Morgan fingerprint density at radius 3 is 2.76 bits per heavy atom. The number of hydrogen-bond donors (Lipinski definition) is 1. The highest BCUT2D eigenvalue weighted by atomic mass is 35.5. The maximum atomic E-state index is 5.94. The van der Waals surface area contributed by atoms with Crippen LogP contribution in [0, 0.1) is 0 Å². The molecule has 0 amide bonds. The van der Waals surface area contributed by atoms with Gasteiger partial charge in [0, 0.05) is 43.9 Å². The second-order valence-corrected chi connectivity index (χ2v) is 5.40. The highest BCUT2D eigenvalue weighted by molar-refractivity contribution is 6.31. The molecule has 0 bridgehead atoms. The predicted octanol–water partition coefficient (Wildman–Crippen LogP) is 2.62. The molecule has 0 unspecified atom stereocenters. The zero-order valence-electron chi connectivity index (χ0n) is 11.6. The summed E-state index contributed by atoms with van der Waals surface area (Å²) in [6.07, 6.45) is 1.39. The number of hydrogen-bond acceptors (Lipinski definition) is 6. The van der Waals surface area contributed by atoms with E-state index in [9.17, 15) is 0 Å². The number of halogens is 1. The minimum Gasteiger partial charge on any atom is -0.398 e. The SMILES string of the molecule is COC1(c2noc(-c3ccc(Cl)cc3N)n2)CCOCC1. The van der Waals surface area contributed by atoms with Gasteiger partial charge < -0.3 is 19.7 Å². The zero-order valence-corrected chi connectivity index (χ0v) is 12.4. The van der Waals surface area contributed by atoms with E-state index in [0.717, 1.165) is 0 Å². The van der Waals surface area contributed by atoms with E-state index in [4.69, 9.17) is 31.3 Å². The van der Waals surface area contributed by atoms with E-state index in [0.29, 0.717) is 54.0 Å². The Balaban J connectivity index is 1.95. The van der Waals surface area contributed by atoms with E-state index < -0.39 is 5.60 Å². The van der Waals surface area contributed by atoms with Gasteiger partial charge >= 0.3 is 0 Å². The van der Waals surface area contributed by atoms with E-state index in [1.807, 2.05) is 0 Å². The van der Waals surface area contributed by atoms with Crippen LogP contribution >= 0.6 is 11.6 Å². The summed E-state index contributed by atoms with van der Waals surface area (Å²) >= 11 is 5.90. The van der Waals surface area contributed by atoms with Crippen molar-refractivity contribution in [1.29, 1.82) is 0 Å². The van der Waals surface area contributed by atoms with Gasteiger partial charge in [0.1, 0.15) is 5.60 Å². The standard InChI is InChI=1S/C14H16ClN3O3/c1-19-14(4-6-20-7-5-14)13-17-12(21-18-13)10-3-2-9(15)8-11(10)16/h2-3,8H,4-7,16H2,1H3. The quantitative estimate of drug-likeness (QED) is 0.877. The molecule has 3 rings (SSSR count). The Kier molecular flexibility index (Phi) is 3.84. The van der Waals surface area contributed by atoms with Crippen molar-refractivity contribution in [3.05, 3.63) is 29.0 Å². The normalized spacial score (nSPS) is 17.8. The molecule has 7 heteroatoms. The maximum Gasteiger partial charge on any atom is 0.260 e. The van der Waals surface area contributed by atoms with E-state index in [2.05, 4.69) is 10.1 Å². The lowest BCUT2D eigenvalue weighted by atomic mass is 9.93. The van der Waals surface area contributed by atoms with Crippen molar-refractivity contribution < 1.29 is 14.0 Å². The van der Waals surface area contributed by atoms with Gasteiger partial charge in [0.25, 0.3) is 5.89 Å². The topological polar surface area (TPSA) is 83.4 Å². The average Bonchev–Trinajstić information content (AvgIpc) is 2.98. The number of benzene rings is 1. The third-order valence-electron chi connectivity index (χ3n) is 3.77. The van der Waals surface area contributed by atoms with Crippen molar-refractivity contribution in [3.8, 4) is 11.5 Å². The summed E-state index contributed by atoms with van der Waals surface area (Å²) in [6, 6.07) is 5.15. The highest BCUT2D eigenvalue weighted by Crippen LogP contribution is 2.35. The second-order valence-electron chi connectivity index (χ2n) is 4.97. The van der Waals surface area contributed by atoms with Crippen LogP contribution in [-0.2, 0) is 15.1 Å². The summed E-state index contributed by atoms with van der Waals surface area (Å²) in [5.74, 6) is 0.889. The van der Waals surface area contributed by atoms with Crippen LogP contribution in [0.25, 0.3) is 11.5 Å². The fraction of sp³-hybridized carbons (Fsp3) is 0.429. The number of anilines is 1. The van der Waals surface area contributed by atoms with Gasteiger partial charge in [-0.3, -0.25) is 0 Å². The maximum absolute atomic E-state index is 5.94. The number of nitrogen functional groups attached to an aromatic ring is 1. The summed E-state index contributed by atoms with van der Waals surface area (Å²) in [4.78, 5) is 4.46. The molecule has 1 aromatic carbocycles. The lowest BCUT2D eigenvalue weighted by Crippen LogP contribution is -2.36. The van der Waals surface area contributed by atoms with Crippen molar-refractivity contribution in [2.45, 2.75) is 18.4 Å². The van der Waals surface area contributed by atoms with E-state index in [1.165, 1.54) is 0 Å². The van der Waals surface area contributed by atoms with Gasteiger partial charge in [-0.05, 0) is 18.2 Å². The molecule has 2 aromatic rings. The smallest absolute Gasteiger partial charge is 0.260 e. The molecule has 0 aliphatic carbocycles. The first-order chi connectivity index (χ1) is 10.1. The number of methoxy groups -OCH3 is 1. The minimum atomic E-state index is -0.554. The van der Waals surface area contributed by atoms with Gasteiger partial charge in [-0.1, -0.05) is 16.8 Å². The van der Waals surface area contributed by atoms with Crippen LogP contribution in [0.3, 0.4) is 0 Å². The number of aromatic nitrogens is 2. The van der Waals surface area contributed by atoms with Crippen molar-refractivity contribution >= 4 is 17.3 Å². The molecule has 1 aliphatic rings. The van der Waals surface area contributed by atoms with Crippen LogP contribution in [0.1, 0.15) is 18.7 Å². The van der Waals surface area contributed by atoms with Gasteiger partial charge in [-0.25, -0.2) is 0 Å². The van der Waals surface area contributed by atoms with Crippen LogP contribution in [0.5, 0.6) is 0 Å². The fourth-order valence-corrected chi connectivity index (χ4v) is 2.65. The van der Waals surface area contributed by atoms with Gasteiger partial charge in [0.15, 0.2) is 0 Å². The summed E-state index contributed by atoms with van der Waals surface area (Å²) in [5.41, 5.74) is 6.55. The first kappa shape index (κ1) is 14.3. The van der Waals surface area contributed by atoms with Crippen LogP contribution < -0.4 is 5.73 Å². The Morgan fingerprint density at radius 1 is 1.33 bits per heavy atom. The number of nitrogens with zero attached hydrogens (tertiary/aromatic N) is 2. The molecule has 0 atom stereocenters. The van der Waals surface area contributed by atoms with Gasteiger partial charge in [0.05, 0.1) is 5.56 Å². The van der Waals surface area contributed by atoms with Crippen molar-refractivity contribution in [2.24, 2.45) is 0 Å². The third-order valence-corrected chi connectivity index (χ3v) is 4.00. The molecule has 0 saturated carbocycles. The Hall–Kier alpha value is -1.63. The number of rotatable bonds is 3. The molecule has 0 radical (unpaired) electrons. The summed E-state index contributed by atoms with van der Waals surface area (Å²) < 4.78 is 16.4. The lowest BCUT2D eigenvalue weighted by molar-refractivity contribution is -0.101. The first-order valence-corrected chi connectivity index (χ1v) is 7.05. The van der Waals surface area contributed by atoms with Crippen LogP contribution in [-0.4, -0.2) is 30.5 Å². The summed E-state index contributed by atoms with van der Waals surface area (Å²) in [5, 5.41) is 4.63. The largest absolute Gasteiger partial charge is 0.398 e. The third kappa shape index (κ3) is 2.62. The molecule has 21 heavy (non-hydrogen) atoms. The average molecular weight is 310 g/mol. The first-order valence-electron chi connectivity index (χ1n) is 6.67. The molecule has 112 valence electrons. The molecule has 1 aromatic heterocycles. The van der Waals surface area contributed by atoms with Crippen LogP contribution in [0.15, 0.2) is 22.7 Å². The van der Waals surface area contributed by atoms with E-state index >= 15 is 0 Å². The Bertz CT molecular complexity index is 638. The van der Waals surface area contributed by atoms with Crippen molar-refractivity contribution in [2.75, 3.05) is 26.1 Å². The predicted molar refractivity (Wildman–Crippen MR) is 77.9 cm³/mol. The molecule has 1 fully saturated rings. The Morgan fingerprint density at radius 2 is 2.10 bits per heavy atom. The monoisotopic (exact) mass is 309 g/mol. The lowest BCUT2D eigenvalue weighted by Gasteiger charge is -2.32. The molecule has 0 spiro atoms. The summed E-state index contributed by atoms with van der Waals surface area (Å²) in [7, 11) is 1.65. The molecule has 2 heterocycles. The van der Waals surface area contributed by atoms with Crippen LogP contribution in [0.2, 0.25) is 5.02 Å². The number of ether oxygens (including phenoxy) is 2. The van der Waals surface area contributed by atoms with Gasteiger partial charge in [-0.2, -0.15) is 4.98 Å². The van der Waals surface area contributed by atoms with Gasteiger partial charge in [-0.15, -0.1) is 0 Å². The van der Waals surface area contributed by atoms with Crippen molar-refractivity contribution in [1.82, 2.24) is 10.1 Å². The van der Waals surface area contributed by atoms with E-state index in [-0.39, 0.29) is 0 Å². The molecule has 1 saturated heterocycles. The minimum absolute atomic E-state index is 0.363. The highest BCUT2D eigenvalue weighted by Gasteiger charge is 2.39. The molecule has 2 N–H and O–H groups in total. The zero-order chi connectivity index (χ0) is 14.9. The molecular formula is C14H16ClN3O3. The second kappa shape index (κ2) is 5.63. The molecule has 1 aliphatic heterocycles. The fourth-order valence-electron chi connectivity index (χ4n) is 2.47. The summed E-state index contributed by atoms with van der Waals surface area (Å²) in [6.45, 7) is 1.22. The molecular weight excluding hydrogens is 294 g/mol. The van der Waals surface area contributed by atoms with Crippen LogP contribution in [0.4, 0.5) is 5.69 Å². The number of nitrogens with two attached hydrogens (primary N) is 1. The van der Waals surface area contributed by atoms with Crippen molar-refractivity contribution in [3.63, 3.8) is 0 Å².